The molecule has 0 spiro atoms. The van der Waals surface area contributed by atoms with Gasteiger partial charge in [0.1, 0.15) is 0 Å². The first-order valence-corrected chi connectivity index (χ1v) is 8.52. The van der Waals surface area contributed by atoms with Crippen LogP contribution in [0.5, 0.6) is 0 Å². The second-order valence-electron chi connectivity index (χ2n) is 2.99. The smallest absolute Gasteiger partial charge is 0.302 e. The Labute approximate surface area is 102 Å². The van der Waals surface area contributed by atoms with Gasteiger partial charge < -0.3 is 4.89 Å². The van der Waals surface area contributed by atoms with Crippen LogP contribution in [0.25, 0.3) is 0 Å². The second-order valence-corrected chi connectivity index (χ2v) is 6.60. The third kappa shape index (κ3) is 5.62. The number of nitrogens with zero attached hydrogens (tertiary/aromatic N) is 1. The molecule has 0 rings (SSSR count). The van der Waals surface area contributed by atoms with Crippen molar-refractivity contribution in [2.75, 3.05) is 26.3 Å². The van der Waals surface area contributed by atoms with E-state index in [9.17, 15) is 14.0 Å². The highest BCUT2D eigenvalue weighted by atomic mass is 31.3. The molecule has 0 aliphatic rings. The molecule has 0 fully saturated rings. The maximum atomic E-state index is 12.3. The van der Waals surface area contributed by atoms with Crippen LogP contribution in [0.1, 0.15) is 27.7 Å². The van der Waals surface area contributed by atoms with Crippen LogP contribution in [0, 0.1) is 0 Å². The molecule has 7 nitrogen and oxygen atoms in total. The summed E-state index contributed by atoms with van der Waals surface area (Å²) in [6.45, 7) is 7.51. The van der Waals surface area contributed by atoms with Gasteiger partial charge >= 0.3 is 15.6 Å². The summed E-state index contributed by atoms with van der Waals surface area (Å²) in [5.74, 6) is 0. The van der Waals surface area contributed by atoms with Gasteiger partial charge in [0.15, 0.2) is 0 Å². The number of rotatable bonds is 9. The molecule has 9 heteroatoms. The van der Waals surface area contributed by atoms with Crippen LogP contribution < -0.4 is 0 Å². The molecule has 0 heterocycles. The predicted molar refractivity (Wildman–Crippen MR) is 64.7 cm³/mol. The largest absolute Gasteiger partial charge is 0.480 e. The van der Waals surface area contributed by atoms with Crippen LogP contribution in [0.15, 0.2) is 0 Å². The van der Waals surface area contributed by atoms with E-state index in [2.05, 4.69) is 4.52 Å². The summed E-state index contributed by atoms with van der Waals surface area (Å²) in [5, 5.41) is 0. The molecule has 0 bridgehead atoms. The summed E-state index contributed by atoms with van der Waals surface area (Å²) in [7, 11) is -8.14. The first kappa shape index (κ1) is 17.3. The highest BCUT2D eigenvalue weighted by molar-refractivity contribution is 7.63. The highest BCUT2D eigenvalue weighted by Gasteiger charge is 2.40. The van der Waals surface area contributed by atoms with Crippen molar-refractivity contribution in [3.05, 3.63) is 0 Å². The van der Waals surface area contributed by atoms with Crippen LogP contribution >= 0.6 is 15.6 Å². The van der Waals surface area contributed by atoms with Crippen LogP contribution in [-0.4, -0.2) is 35.9 Å². The van der Waals surface area contributed by atoms with Gasteiger partial charge in [-0.05, 0) is 13.8 Å². The van der Waals surface area contributed by atoms with Crippen molar-refractivity contribution in [3.8, 4) is 0 Å². The van der Waals surface area contributed by atoms with Gasteiger partial charge in [0.25, 0.3) is 0 Å². The van der Waals surface area contributed by atoms with Gasteiger partial charge in [-0.3, -0.25) is 9.05 Å². The van der Waals surface area contributed by atoms with Crippen LogP contribution in [-0.2, 0) is 22.5 Å². The first-order valence-electron chi connectivity index (χ1n) is 5.53. The van der Waals surface area contributed by atoms with Crippen molar-refractivity contribution in [3.63, 3.8) is 0 Å². The van der Waals surface area contributed by atoms with Gasteiger partial charge in [-0.25, -0.2) is 13.8 Å². The van der Waals surface area contributed by atoms with Crippen molar-refractivity contribution in [2.24, 2.45) is 0 Å². The molecule has 0 amide bonds. The highest BCUT2D eigenvalue weighted by Crippen LogP contribution is 2.64. The molecular weight excluding hydrogens is 268 g/mol. The third-order valence-corrected chi connectivity index (χ3v) is 5.95. The normalized spacial score (nSPS) is 18.9. The van der Waals surface area contributed by atoms with E-state index in [1.165, 1.54) is 11.6 Å². The van der Waals surface area contributed by atoms with Crippen molar-refractivity contribution < 1.29 is 27.4 Å². The summed E-state index contributed by atoms with van der Waals surface area (Å²) in [6, 6.07) is 0. The number of hydrogen-bond acceptors (Lipinski definition) is 5. The Balaban J connectivity index is 4.95. The Bertz CT molecular complexity index is 306. The zero-order valence-corrected chi connectivity index (χ0v) is 12.4. The lowest BCUT2D eigenvalue weighted by Crippen LogP contribution is -2.22. The van der Waals surface area contributed by atoms with E-state index in [1.807, 2.05) is 0 Å². The average Bonchev–Trinajstić information content (AvgIpc) is 2.17. The lowest BCUT2D eigenvalue weighted by atomic mass is 10.7. The monoisotopic (exact) mass is 289 g/mol. The van der Waals surface area contributed by atoms with E-state index in [1.54, 1.807) is 20.8 Å². The third-order valence-electron chi connectivity index (χ3n) is 1.87. The van der Waals surface area contributed by atoms with Gasteiger partial charge in [-0.1, -0.05) is 13.8 Å². The minimum absolute atomic E-state index is 0.0157. The van der Waals surface area contributed by atoms with E-state index in [4.69, 9.17) is 8.83 Å². The minimum atomic E-state index is -4.35. The van der Waals surface area contributed by atoms with Gasteiger partial charge in [-0.2, -0.15) is 4.31 Å². The molecule has 2 atom stereocenters. The van der Waals surface area contributed by atoms with Crippen molar-refractivity contribution in [1.82, 2.24) is 4.67 Å². The molecule has 1 N–H and O–H groups in total. The number of phosphoric acid groups is 1. The Hall–Kier alpha value is 0.260. The lowest BCUT2D eigenvalue weighted by molar-refractivity contribution is 0.168. The van der Waals surface area contributed by atoms with Crippen molar-refractivity contribution in [1.29, 1.82) is 0 Å². The van der Waals surface area contributed by atoms with Gasteiger partial charge in [0, 0.05) is 13.1 Å². The standard InChI is InChI=1S/C8H21NO6P2/c1-5-9(6-2)16(10,13-7-3)15-17(11,12)14-8-4/h5-8H2,1-4H3,(H,11,12). The molecule has 0 aliphatic heterocycles. The maximum absolute atomic E-state index is 12.3. The SMILES string of the molecule is CCOP(=O)(O)OP(=O)(OCC)N(CC)CC. The fraction of sp³-hybridized carbons (Fsp3) is 1.00. The number of hydrogen-bond donors (Lipinski definition) is 1. The fourth-order valence-corrected chi connectivity index (χ4v) is 4.55. The Morgan fingerprint density at radius 2 is 1.47 bits per heavy atom. The topological polar surface area (TPSA) is 85.3 Å². The summed E-state index contributed by atoms with van der Waals surface area (Å²) in [5.41, 5.74) is 0. The van der Waals surface area contributed by atoms with E-state index < -0.39 is 15.6 Å². The molecular formula is C8H21NO6P2. The molecule has 17 heavy (non-hydrogen) atoms. The molecule has 0 aliphatic carbocycles. The van der Waals surface area contributed by atoms with Crippen molar-refractivity contribution >= 4 is 15.6 Å². The predicted octanol–water partition coefficient (Wildman–Crippen LogP) is 2.63. The van der Waals surface area contributed by atoms with Crippen molar-refractivity contribution in [2.45, 2.75) is 27.7 Å². The van der Waals surface area contributed by atoms with Gasteiger partial charge in [0.2, 0.25) is 0 Å². The molecule has 2 unspecified atom stereocenters. The zero-order chi connectivity index (χ0) is 13.5. The van der Waals surface area contributed by atoms with Crippen LogP contribution in [0.4, 0.5) is 0 Å². The summed E-state index contributed by atoms with van der Waals surface area (Å²) in [6.07, 6.45) is 0. The fourth-order valence-electron chi connectivity index (χ4n) is 1.21. The van der Waals surface area contributed by atoms with E-state index in [-0.39, 0.29) is 13.2 Å². The summed E-state index contributed by atoms with van der Waals surface area (Å²) >= 11 is 0. The van der Waals surface area contributed by atoms with E-state index in [0.29, 0.717) is 13.1 Å². The Morgan fingerprint density at radius 3 is 1.82 bits per heavy atom. The summed E-state index contributed by atoms with van der Waals surface area (Å²) in [4.78, 5) is 9.35. The number of phosphoric ester groups is 1. The summed E-state index contributed by atoms with van der Waals surface area (Å²) < 4.78 is 39.4. The Morgan fingerprint density at radius 1 is 1.00 bits per heavy atom. The molecule has 0 aromatic carbocycles. The van der Waals surface area contributed by atoms with Gasteiger partial charge in [-0.15, -0.1) is 0 Å². The molecule has 0 aromatic heterocycles. The first-order chi connectivity index (χ1) is 7.85. The molecule has 0 saturated carbocycles. The van der Waals surface area contributed by atoms with Crippen LogP contribution in [0.3, 0.4) is 0 Å². The molecule has 104 valence electrons. The van der Waals surface area contributed by atoms with Gasteiger partial charge in [0.05, 0.1) is 13.2 Å². The second kappa shape index (κ2) is 7.64. The Kier molecular flexibility index (Phi) is 7.76. The zero-order valence-electron chi connectivity index (χ0n) is 10.7. The molecule has 0 radical (unpaired) electrons. The van der Waals surface area contributed by atoms with E-state index in [0.717, 1.165) is 0 Å². The maximum Gasteiger partial charge on any atom is 0.480 e. The minimum Gasteiger partial charge on any atom is -0.302 e. The quantitative estimate of drug-likeness (QED) is 0.653. The lowest BCUT2D eigenvalue weighted by Gasteiger charge is -2.28. The molecule has 0 saturated heterocycles. The van der Waals surface area contributed by atoms with Crippen LogP contribution in [0.2, 0.25) is 0 Å². The molecule has 0 aromatic rings. The van der Waals surface area contributed by atoms with E-state index >= 15 is 0 Å². The average molecular weight is 289 g/mol.